The van der Waals surface area contributed by atoms with Crippen molar-refractivity contribution >= 4 is 11.5 Å². The van der Waals surface area contributed by atoms with Crippen molar-refractivity contribution in [3.63, 3.8) is 0 Å². The van der Waals surface area contributed by atoms with Crippen molar-refractivity contribution in [1.82, 2.24) is 5.32 Å². The van der Waals surface area contributed by atoms with E-state index in [-0.39, 0.29) is 11.6 Å². The van der Waals surface area contributed by atoms with Gasteiger partial charge in [-0.1, -0.05) is 12.1 Å². The van der Waals surface area contributed by atoms with Crippen LogP contribution in [0, 0.1) is 5.82 Å². The number of rotatable bonds is 5. The van der Waals surface area contributed by atoms with Gasteiger partial charge in [-0.15, -0.1) is 0 Å². The number of nitrogens with zero attached hydrogens (tertiary/aromatic N) is 2. The summed E-state index contributed by atoms with van der Waals surface area (Å²) >= 11 is 0. The predicted octanol–water partition coefficient (Wildman–Crippen LogP) is 2.82. The number of benzene rings is 2. The van der Waals surface area contributed by atoms with Crippen molar-refractivity contribution in [2.75, 3.05) is 32.1 Å². The first-order valence-electron chi connectivity index (χ1n) is 7.61. The van der Waals surface area contributed by atoms with Gasteiger partial charge in [-0.25, -0.2) is 4.39 Å². The first kappa shape index (κ1) is 15.3. The highest BCUT2D eigenvalue weighted by Crippen LogP contribution is 2.21. The zero-order valence-electron chi connectivity index (χ0n) is 13.3. The van der Waals surface area contributed by atoms with Crippen LogP contribution in [-0.4, -0.2) is 33.0 Å². The fraction of sp³-hybridized carbons (Fsp3) is 0.278. The van der Waals surface area contributed by atoms with Crippen LogP contribution in [0.2, 0.25) is 0 Å². The summed E-state index contributed by atoms with van der Waals surface area (Å²) in [6, 6.07) is 12.9. The Hall–Kier alpha value is -2.56. The molecule has 1 aliphatic rings. The monoisotopic (exact) mass is 313 g/mol. The maximum atomic E-state index is 14.2. The van der Waals surface area contributed by atoms with Crippen LogP contribution in [0.5, 0.6) is 5.75 Å². The predicted molar refractivity (Wildman–Crippen MR) is 90.9 cm³/mol. The van der Waals surface area contributed by atoms with E-state index in [0.29, 0.717) is 6.61 Å². The minimum atomic E-state index is -0.371. The molecule has 0 bridgehead atoms. The van der Waals surface area contributed by atoms with Crippen molar-refractivity contribution in [2.45, 2.75) is 6.61 Å². The van der Waals surface area contributed by atoms with Crippen LogP contribution in [0.1, 0.15) is 11.1 Å². The zero-order valence-corrected chi connectivity index (χ0v) is 13.3. The van der Waals surface area contributed by atoms with E-state index < -0.39 is 0 Å². The van der Waals surface area contributed by atoms with E-state index in [4.69, 9.17) is 4.74 Å². The van der Waals surface area contributed by atoms with E-state index in [1.165, 1.54) is 6.07 Å². The number of ether oxygens (including phenoxy) is 1. The smallest absolute Gasteiger partial charge is 0.165 e. The number of halogens is 1. The Morgan fingerprint density at radius 3 is 2.57 bits per heavy atom. The van der Waals surface area contributed by atoms with Gasteiger partial charge in [0.2, 0.25) is 0 Å². The van der Waals surface area contributed by atoms with Crippen LogP contribution in [0.4, 0.5) is 10.1 Å². The molecular weight excluding hydrogens is 293 g/mol. The second-order valence-electron chi connectivity index (χ2n) is 5.65. The summed E-state index contributed by atoms with van der Waals surface area (Å²) in [7, 11) is 3.98. The highest BCUT2D eigenvalue weighted by atomic mass is 19.1. The van der Waals surface area contributed by atoms with Gasteiger partial charge < -0.3 is 15.0 Å². The lowest BCUT2D eigenvalue weighted by Gasteiger charge is -2.13. The maximum absolute atomic E-state index is 14.2. The van der Waals surface area contributed by atoms with Crippen LogP contribution in [-0.2, 0) is 6.61 Å². The largest absolute Gasteiger partial charge is 0.486 e. The van der Waals surface area contributed by atoms with Crippen LogP contribution >= 0.6 is 0 Å². The summed E-state index contributed by atoms with van der Waals surface area (Å²) in [6.07, 6.45) is 0. The van der Waals surface area contributed by atoms with Gasteiger partial charge in [-0.2, -0.15) is 0 Å². The van der Waals surface area contributed by atoms with Crippen molar-refractivity contribution < 1.29 is 9.13 Å². The number of hydrogen-bond donors (Lipinski definition) is 1. The normalized spacial score (nSPS) is 13.4. The molecule has 23 heavy (non-hydrogen) atoms. The summed E-state index contributed by atoms with van der Waals surface area (Å²) in [6.45, 7) is 1.87. The molecule has 4 nitrogen and oxygen atoms in total. The van der Waals surface area contributed by atoms with Gasteiger partial charge in [-0.3, -0.25) is 4.99 Å². The minimum Gasteiger partial charge on any atom is -0.486 e. The molecule has 1 heterocycles. The average molecular weight is 313 g/mol. The Morgan fingerprint density at radius 1 is 1.17 bits per heavy atom. The lowest BCUT2D eigenvalue weighted by molar-refractivity contribution is 0.290. The number of hydrogen-bond acceptors (Lipinski definition) is 4. The molecule has 120 valence electrons. The molecule has 2 aromatic carbocycles. The standard InChI is InChI=1S/C18H20FN3O/c1-22(2)15-6-3-13(4-7-15)12-23-17-8-5-14(11-16(17)19)18-20-9-10-21-18/h3-8,11H,9-10,12H2,1-2H3,(H,20,21). The summed E-state index contributed by atoms with van der Waals surface area (Å²) in [4.78, 5) is 6.32. The molecule has 0 atom stereocenters. The van der Waals surface area contributed by atoms with E-state index >= 15 is 0 Å². The van der Waals surface area contributed by atoms with Crippen molar-refractivity contribution in [2.24, 2.45) is 4.99 Å². The Kier molecular flexibility index (Phi) is 4.46. The molecule has 0 fully saturated rings. The molecule has 5 heteroatoms. The third-order valence-electron chi connectivity index (χ3n) is 3.73. The van der Waals surface area contributed by atoms with Crippen molar-refractivity contribution in [1.29, 1.82) is 0 Å². The van der Waals surface area contributed by atoms with Gasteiger partial charge in [0, 0.05) is 31.9 Å². The van der Waals surface area contributed by atoms with E-state index in [1.54, 1.807) is 6.07 Å². The molecule has 0 saturated carbocycles. The third kappa shape index (κ3) is 3.62. The van der Waals surface area contributed by atoms with Crippen molar-refractivity contribution in [3.05, 3.63) is 59.4 Å². The molecule has 0 saturated heterocycles. The van der Waals surface area contributed by atoms with Crippen LogP contribution in [0.25, 0.3) is 0 Å². The topological polar surface area (TPSA) is 36.9 Å². The van der Waals surface area contributed by atoms with Gasteiger partial charge in [0.25, 0.3) is 0 Å². The van der Waals surface area contributed by atoms with Gasteiger partial charge in [0.15, 0.2) is 11.6 Å². The fourth-order valence-corrected chi connectivity index (χ4v) is 2.41. The molecule has 0 radical (unpaired) electrons. The molecule has 0 spiro atoms. The minimum absolute atomic E-state index is 0.254. The number of nitrogens with one attached hydrogen (secondary N) is 1. The van der Waals surface area contributed by atoms with Crippen LogP contribution in [0.3, 0.4) is 0 Å². The number of anilines is 1. The average Bonchev–Trinajstić information content (AvgIpc) is 3.08. The summed E-state index contributed by atoms with van der Waals surface area (Å²) in [5.74, 6) is 0.627. The highest BCUT2D eigenvalue weighted by Gasteiger charge is 2.11. The summed E-state index contributed by atoms with van der Waals surface area (Å²) in [5, 5.41) is 3.13. The van der Waals surface area contributed by atoms with Crippen molar-refractivity contribution in [3.8, 4) is 5.75 Å². The fourth-order valence-electron chi connectivity index (χ4n) is 2.41. The van der Waals surface area contributed by atoms with Gasteiger partial charge in [0.05, 0.1) is 6.54 Å². The lowest BCUT2D eigenvalue weighted by atomic mass is 10.2. The molecule has 0 unspecified atom stereocenters. The second-order valence-corrected chi connectivity index (χ2v) is 5.65. The molecule has 0 aliphatic carbocycles. The first-order valence-corrected chi connectivity index (χ1v) is 7.61. The van der Waals surface area contributed by atoms with Gasteiger partial charge in [-0.05, 0) is 35.9 Å². The van der Waals surface area contributed by atoms with Crippen LogP contribution < -0.4 is 15.0 Å². The number of amidine groups is 1. The van der Waals surface area contributed by atoms with E-state index in [2.05, 4.69) is 10.3 Å². The molecule has 0 aromatic heterocycles. The van der Waals surface area contributed by atoms with Gasteiger partial charge >= 0.3 is 0 Å². The Morgan fingerprint density at radius 2 is 1.96 bits per heavy atom. The first-order chi connectivity index (χ1) is 11.1. The van der Waals surface area contributed by atoms with Gasteiger partial charge in [0.1, 0.15) is 12.4 Å². The summed E-state index contributed by atoms with van der Waals surface area (Å²) in [5.41, 5.74) is 2.87. The molecule has 1 aliphatic heterocycles. The molecular formula is C18H20FN3O. The SMILES string of the molecule is CN(C)c1ccc(COc2ccc(C3=NCCN3)cc2F)cc1. The molecule has 2 aromatic rings. The third-order valence-corrected chi connectivity index (χ3v) is 3.73. The maximum Gasteiger partial charge on any atom is 0.165 e. The molecule has 0 amide bonds. The molecule has 3 rings (SSSR count). The lowest BCUT2D eigenvalue weighted by Crippen LogP contribution is -2.19. The zero-order chi connectivity index (χ0) is 16.2. The highest BCUT2D eigenvalue weighted by molar-refractivity contribution is 5.99. The Bertz CT molecular complexity index is 711. The summed E-state index contributed by atoms with van der Waals surface area (Å²) < 4.78 is 19.8. The number of aliphatic imine (C=N–C) groups is 1. The Balaban J connectivity index is 1.66. The van der Waals surface area contributed by atoms with E-state index in [0.717, 1.165) is 35.7 Å². The van der Waals surface area contributed by atoms with E-state index in [9.17, 15) is 4.39 Å². The van der Waals surface area contributed by atoms with Crippen LogP contribution in [0.15, 0.2) is 47.5 Å². The second kappa shape index (κ2) is 6.69. The Labute approximate surface area is 135 Å². The van der Waals surface area contributed by atoms with E-state index in [1.807, 2.05) is 49.3 Å². The molecule has 1 N–H and O–H groups in total. The quantitative estimate of drug-likeness (QED) is 0.922.